The van der Waals surface area contributed by atoms with E-state index in [2.05, 4.69) is 10.6 Å². The quantitative estimate of drug-likeness (QED) is 0.407. The number of amides is 2. The predicted molar refractivity (Wildman–Crippen MR) is 124 cm³/mol. The minimum atomic E-state index is -0.312. The molecule has 0 radical (unpaired) electrons. The first kappa shape index (κ1) is 20.4. The zero-order valence-electron chi connectivity index (χ0n) is 16.7. The third-order valence-corrected chi connectivity index (χ3v) is 5.06. The number of hydrogen-bond acceptors (Lipinski definition) is 3. The van der Waals surface area contributed by atoms with Crippen molar-refractivity contribution in [3.05, 3.63) is 101 Å². The molecule has 0 atom stereocenters. The molecule has 0 bridgehead atoms. The summed E-state index contributed by atoms with van der Waals surface area (Å²) in [5, 5.41) is 8.05. The first-order valence-electron chi connectivity index (χ1n) is 9.59. The molecular weight excluding hydrogens is 412 g/mol. The fourth-order valence-corrected chi connectivity index (χ4v) is 3.51. The Hall–Kier alpha value is -3.83. The van der Waals surface area contributed by atoms with Gasteiger partial charge in [-0.2, -0.15) is 0 Å². The molecule has 0 saturated heterocycles. The highest BCUT2D eigenvalue weighted by Crippen LogP contribution is 2.29. The van der Waals surface area contributed by atoms with Crippen LogP contribution in [0.15, 0.2) is 84.9 Å². The largest absolute Gasteiger partial charge is 0.494 e. The summed E-state index contributed by atoms with van der Waals surface area (Å²) in [6.07, 6.45) is 0. The topological polar surface area (TPSA) is 67.4 Å². The Kier molecular flexibility index (Phi) is 5.87. The maximum Gasteiger partial charge on any atom is 0.256 e. The Labute approximate surface area is 184 Å². The van der Waals surface area contributed by atoms with Crippen molar-refractivity contribution >= 4 is 45.6 Å². The van der Waals surface area contributed by atoms with Gasteiger partial charge in [0, 0.05) is 27.9 Å². The van der Waals surface area contributed by atoms with Crippen LogP contribution < -0.4 is 15.4 Å². The van der Waals surface area contributed by atoms with Crippen LogP contribution >= 0.6 is 11.6 Å². The lowest BCUT2D eigenvalue weighted by atomic mass is 10.0. The maximum atomic E-state index is 12.9. The van der Waals surface area contributed by atoms with E-state index < -0.39 is 0 Å². The van der Waals surface area contributed by atoms with Crippen LogP contribution in [0.4, 0.5) is 11.4 Å². The first-order chi connectivity index (χ1) is 15.0. The van der Waals surface area contributed by atoms with Gasteiger partial charge in [0.05, 0.1) is 12.8 Å². The third-order valence-electron chi connectivity index (χ3n) is 4.83. The van der Waals surface area contributed by atoms with E-state index in [-0.39, 0.29) is 11.8 Å². The van der Waals surface area contributed by atoms with E-state index >= 15 is 0 Å². The van der Waals surface area contributed by atoms with Gasteiger partial charge in [-0.15, -0.1) is 0 Å². The molecule has 2 amide bonds. The molecule has 4 rings (SSSR count). The fraction of sp³-hybridized carbons (Fsp3) is 0.0400. The SMILES string of the molecule is COc1cc(NC(=O)c2cccc3ccccc23)ccc1NC(=O)c1cccc(Cl)c1. The van der Waals surface area contributed by atoms with Gasteiger partial charge in [-0.05, 0) is 47.2 Å². The molecule has 0 aliphatic carbocycles. The number of rotatable bonds is 5. The van der Waals surface area contributed by atoms with Crippen molar-refractivity contribution in [3.8, 4) is 5.75 Å². The summed E-state index contributed by atoms with van der Waals surface area (Å²) in [6, 6.07) is 25.0. The first-order valence-corrected chi connectivity index (χ1v) is 9.97. The standard InChI is InChI=1S/C25H19ClN2O3/c1-31-23-15-19(12-13-22(23)28-24(29)17-8-4-9-18(26)14-17)27-25(30)21-11-5-7-16-6-2-3-10-20(16)21/h2-15H,1H3,(H,27,30)(H,28,29). The maximum absolute atomic E-state index is 12.9. The summed E-state index contributed by atoms with van der Waals surface area (Å²) >= 11 is 5.96. The monoisotopic (exact) mass is 430 g/mol. The summed E-state index contributed by atoms with van der Waals surface area (Å²) in [5.74, 6) is -0.117. The molecule has 6 heteroatoms. The highest BCUT2D eigenvalue weighted by molar-refractivity contribution is 6.31. The van der Waals surface area contributed by atoms with Crippen LogP contribution in [0.2, 0.25) is 5.02 Å². The normalized spacial score (nSPS) is 10.5. The molecule has 0 aromatic heterocycles. The average molecular weight is 431 g/mol. The molecule has 154 valence electrons. The van der Waals surface area contributed by atoms with E-state index in [0.29, 0.717) is 33.3 Å². The molecular formula is C25H19ClN2O3. The lowest BCUT2D eigenvalue weighted by Crippen LogP contribution is -2.14. The zero-order valence-corrected chi connectivity index (χ0v) is 17.4. The molecule has 4 aromatic rings. The number of nitrogens with one attached hydrogen (secondary N) is 2. The predicted octanol–water partition coefficient (Wildman–Crippen LogP) is 6.01. The van der Waals surface area contributed by atoms with E-state index in [1.54, 1.807) is 48.5 Å². The molecule has 2 N–H and O–H groups in total. The molecule has 0 aliphatic heterocycles. The Morgan fingerprint density at radius 1 is 0.806 bits per heavy atom. The number of methoxy groups -OCH3 is 1. The number of carbonyl (C=O) groups is 2. The van der Waals surface area contributed by atoms with Crippen molar-refractivity contribution in [2.45, 2.75) is 0 Å². The zero-order chi connectivity index (χ0) is 21.8. The van der Waals surface area contributed by atoms with Crippen molar-refractivity contribution < 1.29 is 14.3 Å². The molecule has 0 fully saturated rings. The lowest BCUT2D eigenvalue weighted by molar-refractivity contribution is 0.101. The van der Waals surface area contributed by atoms with E-state index in [4.69, 9.17) is 16.3 Å². The molecule has 0 spiro atoms. The van der Waals surface area contributed by atoms with E-state index in [1.807, 2.05) is 36.4 Å². The Morgan fingerprint density at radius 2 is 1.58 bits per heavy atom. The molecule has 0 heterocycles. The van der Waals surface area contributed by atoms with Crippen molar-refractivity contribution in [1.82, 2.24) is 0 Å². The molecule has 0 saturated carbocycles. The lowest BCUT2D eigenvalue weighted by Gasteiger charge is -2.13. The van der Waals surface area contributed by atoms with Crippen LogP contribution in [-0.2, 0) is 0 Å². The van der Waals surface area contributed by atoms with Crippen molar-refractivity contribution in [3.63, 3.8) is 0 Å². The number of ether oxygens (including phenoxy) is 1. The summed E-state index contributed by atoms with van der Waals surface area (Å²) < 4.78 is 5.41. The van der Waals surface area contributed by atoms with E-state index in [0.717, 1.165) is 10.8 Å². The number of carbonyl (C=O) groups excluding carboxylic acids is 2. The van der Waals surface area contributed by atoms with Crippen LogP contribution in [0.5, 0.6) is 5.75 Å². The van der Waals surface area contributed by atoms with Crippen LogP contribution in [-0.4, -0.2) is 18.9 Å². The van der Waals surface area contributed by atoms with Gasteiger partial charge in [-0.1, -0.05) is 54.1 Å². The molecule has 4 aromatic carbocycles. The van der Waals surface area contributed by atoms with Crippen LogP contribution in [0.25, 0.3) is 10.8 Å². The van der Waals surface area contributed by atoms with Gasteiger partial charge in [0.1, 0.15) is 5.75 Å². The molecule has 31 heavy (non-hydrogen) atoms. The summed E-state index contributed by atoms with van der Waals surface area (Å²) in [7, 11) is 1.50. The minimum absolute atomic E-state index is 0.227. The summed E-state index contributed by atoms with van der Waals surface area (Å²) in [4.78, 5) is 25.4. The second-order valence-electron chi connectivity index (χ2n) is 6.86. The van der Waals surface area contributed by atoms with Gasteiger partial charge in [0.15, 0.2) is 0 Å². The fourth-order valence-electron chi connectivity index (χ4n) is 3.32. The van der Waals surface area contributed by atoms with Gasteiger partial charge in [0.25, 0.3) is 11.8 Å². The highest BCUT2D eigenvalue weighted by atomic mass is 35.5. The Balaban J connectivity index is 1.55. The van der Waals surface area contributed by atoms with Gasteiger partial charge in [-0.3, -0.25) is 9.59 Å². The Morgan fingerprint density at radius 3 is 2.39 bits per heavy atom. The average Bonchev–Trinajstić information content (AvgIpc) is 2.79. The summed E-state index contributed by atoms with van der Waals surface area (Å²) in [6.45, 7) is 0. The van der Waals surface area contributed by atoms with Gasteiger partial charge >= 0.3 is 0 Å². The van der Waals surface area contributed by atoms with E-state index in [9.17, 15) is 9.59 Å². The second kappa shape index (κ2) is 8.90. The molecule has 0 aliphatic rings. The smallest absolute Gasteiger partial charge is 0.256 e. The van der Waals surface area contributed by atoms with Gasteiger partial charge < -0.3 is 15.4 Å². The van der Waals surface area contributed by atoms with Crippen LogP contribution in [0.1, 0.15) is 20.7 Å². The van der Waals surface area contributed by atoms with Gasteiger partial charge in [-0.25, -0.2) is 0 Å². The second-order valence-corrected chi connectivity index (χ2v) is 7.30. The van der Waals surface area contributed by atoms with Crippen molar-refractivity contribution in [2.24, 2.45) is 0 Å². The van der Waals surface area contributed by atoms with E-state index in [1.165, 1.54) is 7.11 Å². The molecule has 5 nitrogen and oxygen atoms in total. The van der Waals surface area contributed by atoms with Crippen molar-refractivity contribution in [1.29, 1.82) is 0 Å². The number of halogens is 1. The number of fused-ring (bicyclic) bond motifs is 1. The van der Waals surface area contributed by atoms with Gasteiger partial charge in [0.2, 0.25) is 0 Å². The molecule has 0 unspecified atom stereocenters. The number of benzene rings is 4. The minimum Gasteiger partial charge on any atom is -0.494 e. The van der Waals surface area contributed by atoms with Crippen molar-refractivity contribution in [2.75, 3.05) is 17.7 Å². The van der Waals surface area contributed by atoms with Crippen LogP contribution in [0.3, 0.4) is 0 Å². The summed E-state index contributed by atoms with van der Waals surface area (Å²) in [5.41, 5.74) is 2.05. The Bertz CT molecular complexity index is 1280. The third kappa shape index (κ3) is 4.52. The number of hydrogen-bond donors (Lipinski definition) is 2. The number of anilines is 2. The highest BCUT2D eigenvalue weighted by Gasteiger charge is 2.14. The van der Waals surface area contributed by atoms with Crippen LogP contribution in [0, 0.1) is 0 Å².